The molecular weight excluding hydrogens is 282 g/mol. The van der Waals surface area contributed by atoms with Gasteiger partial charge in [-0.2, -0.15) is 0 Å². The van der Waals surface area contributed by atoms with Crippen LogP contribution in [0.15, 0.2) is 29.4 Å². The second-order valence-electron chi connectivity index (χ2n) is 4.88. The van der Waals surface area contributed by atoms with Crippen LogP contribution in [0, 0.1) is 0 Å². The summed E-state index contributed by atoms with van der Waals surface area (Å²) in [6.45, 7) is 5.13. The third-order valence-electron chi connectivity index (χ3n) is 3.15. The Morgan fingerprint density at radius 3 is 2.50 bits per heavy atom. The van der Waals surface area contributed by atoms with Gasteiger partial charge in [0.2, 0.25) is 0 Å². The van der Waals surface area contributed by atoms with E-state index in [0.717, 1.165) is 17.7 Å². The van der Waals surface area contributed by atoms with Gasteiger partial charge in [0.1, 0.15) is 13.2 Å². The normalized spacial score (nSPS) is 11.3. The van der Waals surface area contributed by atoms with E-state index in [0.29, 0.717) is 32.7 Å². The minimum absolute atomic E-state index is 0.239. The van der Waals surface area contributed by atoms with E-state index in [1.54, 1.807) is 7.11 Å². The fourth-order valence-electron chi connectivity index (χ4n) is 1.77. The van der Waals surface area contributed by atoms with Crippen molar-refractivity contribution in [1.82, 2.24) is 0 Å². The van der Waals surface area contributed by atoms with Crippen LogP contribution in [-0.4, -0.2) is 38.6 Å². The lowest BCUT2D eigenvalue weighted by Gasteiger charge is -2.05. The lowest BCUT2D eigenvalue weighted by molar-refractivity contribution is -0.145. The van der Waals surface area contributed by atoms with Crippen LogP contribution in [-0.2, 0) is 25.5 Å². The molecule has 0 aliphatic heterocycles. The summed E-state index contributed by atoms with van der Waals surface area (Å²) in [5.41, 5.74) is 3.16. The number of methoxy groups -OCH3 is 1. The van der Waals surface area contributed by atoms with E-state index in [1.807, 2.05) is 19.1 Å². The van der Waals surface area contributed by atoms with Crippen molar-refractivity contribution in [3.63, 3.8) is 0 Å². The van der Waals surface area contributed by atoms with Crippen molar-refractivity contribution in [2.45, 2.75) is 33.1 Å². The van der Waals surface area contributed by atoms with Gasteiger partial charge in [-0.15, -0.1) is 0 Å². The van der Waals surface area contributed by atoms with Crippen LogP contribution in [0.2, 0.25) is 0 Å². The molecule has 0 N–H and O–H groups in total. The summed E-state index contributed by atoms with van der Waals surface area (Å²) in [6, 6.07) is 8.25. The summed E-state index contributed by atoms with van der Waals surface area (Å²) in [7, 11) is 1.57. The smallest absolute Gasteiger partial charge is 0.305 e. The highest BCUT2D eigenvalue weighted by atomic mass is 16.6. The van der Waals surface area contributed by atoms with Crippen molar-refractivity contribution in [2.75, 3.05) is 26.9 Å². The van der Waals surface area contributed by atoms with E-state index >= 15 is 0 Å². The lowest BCUT2D eigenvalue weighted by atomic mass is 10.1. The first-order chi connectivity index (χ1) is 10.7. The number of benzene rings is 1. The molecule has 0 saturated carbocycles. The minimum atomic E-state index is -0.239. The van der Waals surface area contributed by atoms with E-state index in [9.17, 15) is 4.79 Å². The molecule has 0 saturated heterocycles. The van der Waals surface area contributed by atoms with Gasteiger partial charge in [0, 0.05) is 13.5 Å². The molecule has 1 aromatic rings. The summed E-state index contributed by atoms with van der Waals surface area (Å²) in [5.74, 6) is -0.239. The summed E-state index contributed by atoms with van der Waals surface area (Å²) in [6.07, 6.45) is 1.92. The zero-order chi connectivity index (χ0) is 16.2. The summed E-state index contributed by atoms with van der Waals surface area (Å²) in [4.78, 5) is 16.6. The molecule has 0 atom stereocenters. The lowest BCUT2D eigenvalue weighted by Crippen LogP contribution is -2.10. The number of rotatable bonds is 10. The topological polar surface area (TPSA) is 57.1 Å². The van der Waals surface area contributed by atoms with Gasteiger partial charge in [0.05, 0.1) is 12.3 Å². The molecule has 5 nitrogen and oxygen atoms in total. The van der Waals surface area contributed by atoms with Gasteiger partial charge in [-0.1, -0.05) is 36.3 Å². The molecule has 1 aromatic carbocycles. The Morgan fingerprint density at radius 1 is 1.14 bits per heavy atom. The van der Waals surface area contributed by atoms with Crippen LogP contribution in [0.5, 0.6) is 0 Å². The molecule has 122 valence electrons. The Morgan fingerprint density at radius 2 is 1.86 bits per heavy atom. The standard InChI is InChI=1S/C17H25NO4/c1-4-15-7-9-16(10-8-15)14(2)18-22-11-5-6-17(19)21-13-12-20-3/h7-10H,4-6,11-13H2,1-3H3/b18-14+. The number of aryl methyl sites for hydroxylation is 1. The van der Waals surface area contributed by atoms with Gasteiger partial charge in [0.25, 0.3) is 0 Å². The molecule has 0 aromatic heterocycles. The quantitative estimate of drug-likeness (QED) is 0.289. The molecule has 0 unspecified atom stereocenters. The van der Waals surface area contributed by atoms with Gasteiger partial charge < -0.3 is 14.3 Å². The molecule has 0 heterocycles. The molecule has 1 rings (SSSR count). The zero-order valence-electron chi connectivity index (χ0n) is 13.6. The van der Waals surface area contributed by atoms with E-state index in [1.165, 1.54) is 5.56 Å². The van der Waals surface area contributed by atoms with E-state index in [-0.39, 0.29) is 5.97 Å². The molecular formula is C17H25NO4. The highest BCUT2D eigenvalue weighted by Crippen LogP contribution is 2.07. The Hall–Kier alpha value is -1.88. The third kappa shape index (κ3) is 7.22. The van der Waals surface area contributed by atoms with E-state index < -0.39 is 0 Å². The second-order valence-corrected chi connectivity index (χ2v) is 4.88. The maximum atomic E-state index is 11.3. The number of hydrogen-bond donors (Lipinski definition) is 0. The number of esters is 1. The predicted octanol–water partition coefficient (Wildman–Crippen LogP) is 2.96. The number of carbonyl (C=O) groups is 1. The van der Waals surface area contributed by atoms with Crippen molar-refractivity contribution in [3.8, 4) is 0 Å². The first kappa shape index (κ1) is 18.2. The molecule has 0 radical (unpaired) electrons. The van der Waals surface area contributed by atoms with Crippen LogP contribution >= 0.6 is 0 Å². The second kappa shape index (κ2) is 10.8. The van der Waals surface area contributed by atoms with Crippen LogP contribution in [0.3, 0.4) is 0 Å². The van der Waals surface area contributed by atoms with Crippen LogP contribution in [0.4, 0.5) is 0 Å². The molecule has 0 aliphatic carbocycles. The van der Waals surface area contributed by atoms with Gasteiger partial charge in [-0.25, -0.2) is 0 Å². The largest absolute Gasteiger partial charge is 0.463 e. The zero-order valence-corrected chi connectivity index (χ0v) is 13.6. The van der Waals surface area contributed by atoms with Gasteiger partial charge in [-0.3, -0.25) is 4.79 Å². The Labute approximate surface area is 132 Å². The average molecular weight is 307 g/mol. The molecule has 0 fully saturated rings. The first-order valence-corrected chi connectivity index (χ1v) is 7.57. The number of hydrogen-bond acceptors (Lipinski definition) is 5. The number of oxime groups is 1. The van der Waals surface area contributed by atoms with Crippen molar-refractivity contribution in [2.24, 2.45) is 5.16 Å². The van der Waals surface area contributed by atoms with Crippen molar-refractivity contribution in [1.29, 1.82) is 0 Å². The Balaban J connectivity index is 2.22. The summed E-state index contributed by atoms with van der Waals surface area (Å²) in [5, 5.41) is 4.07. The molecule has 0 bridgehead atoms. The van der Waals surface area contributed by atoms with Crippen molar-refractivity contribution >= 4 is 11.7 Å². The molecule has 22 heavy (non-hydrogen) atoms. The highest BCUT2D eigenvalue weighted by Gasteiger charge is 2.03. The van der Waals surface area contributed by atoms with Crippen molar-refractivity contribution < 1.29 is 19.1 Å². The number of ether oxygens (including phenoxy) is 2. The molecule has 0 amide bonds. The van der Waals surface area contributed by atoms with Gasteiger partial charge in [0.15, 0.2) is 0 Å². The highest BCUT2D eigenvalue weighted by molar-refractivity contribution is 5.98. The van der Waals surface area contributed by atoms with E-state index in [2.05, 4.69) is 24.2 Å². The Kier molecular flexibility index (Phi) is 8.91. The van der Waals surface area contributed by atoms with Crippen LogP contribution in [0.1, 0.15) is 37.8 Å². The fraction of sp³-hybridized carbons (Fsp3) is 0.529. The maximum absolute atomic E-state index is 11.3. The summed E-state index contributed by atoms with van der Waals surface area (Å²) >= 11 is 0. The van der Waals surface area contributed by atoms with Crippen LogP contribution < -0.4 is 0 Å². The molecule has 0 spiro atoms. The van der Waals surface area contributed by atoms with Crippen LogP contribution in [0.25, 0.3) is 0 Å². The van der Waals surface area contributed by atoms with Gasteiger partial charge >= 0.3 is 5.97 Å². The first-order valence-electron chi connectivity index (χ1n) is 7.57. The monoisotopic (exact) mass is 307 g/mol. The third-order valence-corrected chi connectivity index (χ3v) is 3.15. The molecule has 0 aliphatic rings. The SMILES string of the molecule is CCc1ccc(/C(C)=N/OCCCC(=O)OCCOC)cc1. The minimum Gasteiger partial charge on any atom is -0.463 e. The number of nitrogens with zero attached hydrogens (tertiary/aromatic N) is 1. The van der Waals surface area contributed by atoms with Gasteiger partial charge in [-0.05, 0) is 30.9 Å². The maximum Gasteiger partial charge on any atom is 0.305 e. The fourth-order valence-corrected chi connectivity index (χ4v) is 1.77. The summed E-state index contributed by atoms with van der Waals surface area (Å²) < 4.78 is 9.74. The van der Waals surface area contributed by atoms with Crippen molar-refractivity contribution in [3.05, 3.63) is 35.4 Å². The average Bonchev–Trinajstić information content (AvgIpc) is 2.54. The number of carbonyl (C=O) groups excluding carboxylic acids is 1. The molecule has 5 heteroatoms. The Bertz CT molecular complexity index is 468. The predicted molar refractivity (Wildman–Crippen MR) is 86.1 cm³/mol. The van der Waals surface area contributed by atoms with E-state index in [4.69, 9.17) is 14.3 Å².